The number of benzene rings is 1. The van der Waals surface area contributed by atoms with Crippen LogP contribution in [0.15, 0.2) is 42.6 Å². The van der Waals surface area contributed by atoms with Gasteiger partial charge in [-0.15, -0.1) is 0 Å². The van der Waals surface area contributed by atoms with Gasteiger partial charge in [0.1, 0.15) is 7.63 Å². The predicted octanol–water partition coefficient (Wildman–Crippen LogP) is 1.83. The van der Waals surface area contributed by atoms with Crippen LogP contribution in [0.3, 0.4) is 0 Å². The highest BCUT2D eigenvalue weighted by molar-refractivity contribution is 5.64. The van der Waals surface area contributed by atoms with Gasteiger partial charge in [-0.05, 0) is 11.6 Å². The highest BCUT2D eigenvalue weighted by Crippen LogP contribution is 2.02. The highest BCUT2D eigenvalue weighted by Gasteiger charge is 1.92. The second kappa shape index (κ2) is 5.14. The van der Waals surface area contributed by atoms with E-state index in [0.29, 0.717) is 6.54 Å². The maximum Gasteiger partial charge on any atom is 0.144 e. The first-order valence-corrected chi connectivity index (χ1v) is 4.03. The van der Waals surface area contributed by atoms with Gasteiger partial charge in [-0.25, -0.2) is 0 Å². The molecule has 0 bridgehead atoms. The number of nitrogens with zero attached hydrogens (tertiary/aromatic N) is 1. The number of rotatable bonds is 4. The molecule has 1 aromatic rings. The standard InChI is InChI=1S/C11H13NO/c1-12(8-5-9-13)10-11-6-3-2-4-7-11/h2-9H,10H2,1H3/b8-5+/i5D,9D. The quantitative estimate of drug-likeness (QED) is 0.516. The van der Waals surface area contributed by atoms with Gasteiger partial charge < -0.3 is 4.90 Å². The summed E-state index contributed by atoms with van der Waals surface area (Å²) in [7, 11) is 1.77. The summed E-state index contributed by atoms with van der Waals surface area (Å²) in [6.07, 6.45) is 0.400. The van der Waals surface area contributed by atoms with E-state index in [1.165, 1.54) is 6.20 Å². The molecular weight excluding hydrogens is 162 g/mol. The normalized spacial score (nSPS) is 13.2. The lowest BCUT2D eigenvalue weighted by Crippen LogP contribution is -2.09. The van der Waals surface area contributed by atoms with Crippen LogP contribution in [0.4, 0.5) is 0 Å². The summed E-state index contributed by atoms with van der Waals surface area (Å²) in [5.41, 5.74) is 1.10. The summed E-state index contributed by atoms with van der Waals surface area (Å²) in [5, 5.41) is 0. The van der Waals surface area contributed by atoms with Crippen molar-refractivity contribution in [3.05, 3.63) is 48.1 Å². The Kier molecular flexibility index (Phi) is 2.73. The average molecular weight is 177 g/mol. The van der Waals surface area contributed by atoms with Crippen LogP contribution in [0.2, 0.25) is 0 Å². The number of hydrogen-bond donors (Lipinski definition) is 0. The maximum absolute atomic E-state index is 10.5. The van der Waals surface area contributed by atoms with Crippen LogP contribution in [0.5, 0.6) is 0 Å². The number of hydrogen-bond acceptors (Lipinski definition) is 2. The lowest BCUT2D eigenvalue weighted by molar-refractivity contribution is -0.104. The van der Waals surface area contributed by atoms with Crippen molar-refractivity contribution in [2.75, 3.05) is 7.05 Å². The molecule has 13 heavy (non-hydrogen) atoms. The third-order valence-corrected chi connectivity index (χ3v) is 1.62. The lowest BCUT2D eigenvalue weighted by Gasteiger charge is -2.12. The van der Waals surface area contributed by atoms with E-state index in [-0.39, 0.29) is 6.05 Å². The zero-order chi connectivity index (χ0) is 11.3. The van der Waals surface area contributed by atoms with Crippen LogP contribution in [0.1, 0.15) is 8.30 Å². The van der Waals surface area contributed by atoms with E-state index < -0.39 is 6.26 Å². The van der Waals surface area contributed by atoms with E-state index in [2.05, 4.69) is 0 Å². The fourth-order valence-corrected chi connectivity index (χ4v) is 1.05. The number of carbonyl (C=O) groups is 1. The molecule has 0 aliphatic heterocycles. The van der Waals surface area contributed by atoms with Crippen LogP contribution in [-0.2, 0) is 11.3 Å². The van der Waals surface area contributed by atoms with Gasteiger partial charge in [0.25, 0.3) is 0 Å². The monoisotopic (exact) mass is 177 g/mol. The van der Waals surface area contributed by atoms with Crippen LogP contribution >= 0.6 is 0 Å². The molecule has 0 spiro atoms. The summed E-state index contributed by atoms with van der Waals surface area (Å²) in [4.78, 5) is 12.2. The molecule has 0 saturated carbocycles. The van der Waals surface area contributed by atoms with Gasteiger partial charge >= 0.3 is 0 Å². The summed E-state index contributed by atoms with van der Waals surface area (Å²) in [6, 6.07) is 9.44. The third kappa shape index (κ3) is 3.56. The number of carbonyl (C=O) groups excluding carboxylic acids is 1. The van der Waals surface area contributed by atoms with Crippen LogP contribution in [0, 0.1) is 0 Å². The van der Waals surface area contributed by atoms with Crippen LogP contribution in [-0.4, -0.2) is 18.2 Å². The average Bonchev–Trinajstić information content (AvgIpc) is 2.18. The largest absolute Gasteiger partial charge is 0.376 e. The Balaban J connectivity index is 2.61. The van der Waals surface area contributed by atoms with Gasteiger partial charge in [0, 0.05) is 19.8 Å². The maximum atomic E-state index is 10.5. The molecule has 0 radical (unpaired) electrons. The Labute approximate surface area is 81.3 Å². The van der Waals surface area contributed by atoms with Crippen molar-refractivity contribution in [3.63, 3.8) is 0 Å². The molecule has 0 heterocycles. The Hall–Kier alpha value is -1.57. The molecule has 0 aliphatic rings. The molecule has 0 amide bonds. The SMILES string of the molecule is [2H]C(=O)/C([2H])=C/N(C)Cc1ccccc1. The molecule has 0 aromatic heterocycles. The first-order chi connectivity index (χ1) is 7.09. The van der Waals surface area contributed by atoms with Gasteiger partial charge in [0.15, 0.2) is 0 Å². The van der Waals surface area contributed by atoms with Crippen molar-refractivity contribution >= 4 is 6.26 Å². The Morgan fingerprint density at radius 1 is 1.46 bits per heavy atom. The second-order valence-electron chi connectivity index (χ2n) is 2.78. The van der Waals surface area contributed by atoms with Crippen LogP contribution in [0.25, 0.3) is 0 Å². The van der Waals surface area contributed by atoms with E-state index in [4.69, 9.17) is 2.74 Å². The summed E-state index contributed by atoms with van der Waals surface area (Å²) < 4.78 is 13.9. The van der Waals surface area contributed by atoms with Gasteiger partial charge in [0.05, 0.1) is 1.37 Å². The van der Waals surface area contributed by atoms with E-state index in [1.54, 1.807) is 11.9 Å². The van der Waals surface area contributed by atoms with Crippen molar-refractivity contribution in [2.24, 2.45) is 0 Å². The minimum atomic E-state index is -0.963. The van der Waals surface area contributed by atoms with Gasteiger partial charge in [-0.3, -0.25) is 4.79 Å². The van der Waals surface area contributed by atoms with Gasteiger partial charge in [0.2, 0.25) is 0 Å². The number of allylic oxidation sites excluding steroid dienone is 1. The van der Waals surface area contributed by atoms with E-state index in [0.717, 1.165) is 5.56 Å². The zero-order valence-corrected chi connectivity index (χ0v) is 7.53. The van der Waals surface area contributed by atoms with E-state index in [9.17, 15) is 4.79 Å². The molecule has 0 fully saturated rings. The fraction of sp³-hybridized carbons (Fsp3) is 0.182. The molecule has 0 aliphatic carbocycles. The summed E-state index contributed by atoms with van der Waals surface area (Å²) in [5.74, 6) is 0. The number of aldehydes is 1. The van der Waals surface area contributed by atoms with Gasteiger partial charge in [-0.1, -0.05) is 30.3 Å². The zero-order valence-electron chi connectivity index (χ0n) is 9.53. The minimum Gasteiger partial charge on any atom is -0.376 e. The first-order valence-electron chi connectivity index (χ1n) is 5.03. The van der Waals surface area contributed by atoms with Crippen molar-refractivity contribution in [2.45, 2.75) is 6.54 Å². The molecule has 2 nitrogen and oxygen atoms in total. The third-order valence-electron chi connectivity index (χ3n) is 1.62. The minimum absolute atomic E-state index is 0.298. The molecule has 2 heteroatoms. The van der Waals surface area contributed by atoms with Crippen LogP contribution < -0.4 is 0 Å². The predicted molar refractivity (Wildman–Crippen MR) is 53.1 cm³/mol. The topological polar surface area (TPSA) is 20.3 Å². The fourth-order valence-electron chi connectivity index (χ4n) is 1.05. The van der Waals surface area contributed by atoms with Gasteiger partial charge in [-0.2, -0.15) is 0 Å². The van der Waals surface area contributed by atoms with E-state index in [1.807, 2.05) is 30.3 Å². The lowest BCUT2D eigenvalue weighted by atomic mass is 10.2. The van der Waals surface area contributed by atoms with Crippen molar-refractivity contribution in [3.8, 4) is 0 Å². The molecule has 1 rings (SSSR count). The van der Waals surface area contributed by atoms with Crippen molar-refractivity contribution < 1.29 is 7.54 Å². The molecule has 0 N–H and O–H groups in total. The molecule has 0 unspecified atom stereocenters. The first kappa shape index (κ1) is 6.89. The molecule has 68 valence electrons. The smallest absolute Gasteiger partial charge is 0.144 e. The summed E-state index contributed by atoms with van der Waals surface area (Å²) in [6.45, 7) is 0.622. The van der Waals surface area contributed by atoms with Crippen molar-refractivity contribution in [1.82, 2.24) is 4.90 Å². The Bertz CT molecular complexity index is 362. The highest BCUT2D eigenvalue weighted by atomic mass is 16.1. The Morgan fingerprint density at radius 3 is 2.77 bits per heavy atom. The summed E-state index contributed by atoms with van der Waals surface area (Å²) >= 11 is 0. The Morgan fingerprint density at radius 2 is 2.15 bits per heavy atom. The second-order valence-corrected chi connectivity index (χ2v) is 2.78. The molecule has 0 atom stereocenters. The molecular formula is C11H13NO. The van der Waals surface area contributed by atoms with E-state index >= 15 is 0 Å². The molecule has 0 saturated heterocycles. The molecule has 1 aromatic carbocycles. The van der Waals surface area contributed by atoms with Crippen molar-refractivity contribution in [1.29, 1.82) is 0 Å².